The Morgan fingerprint density at radius 1 is 1.48 bits per heavy atom. The number of alkyl halides is 3. The summed E-state index contributed by atoms with van der Waals surface area (Å²) in [6.45, 7) is 1.31. The number of amides is 1. The summed E-state index contributed by atoms with van der Waals surface area (Å²) in [5, 5.41) is 9.07. The Kier molecular flexibility index (Phi) is 4.67. The number of carboxylic acid groups (broad SMARTS) is 1. The van der Waals surface area contributed by atoms with Crippen LogP contribution < -0.4 is 0 Å². The second-order valence-electron chi connectivity index (χ2n) is 5.74. The number of rotatable bonds is 6. The summed E-state index contributed by atoms with van der Waals surface area (Å²) in [6, 6.07) is -1.44. The molecule has 1 fully saturated rings. The molecule has 0 aromatic carbocycles. The molecule has 9 heteroatoms. The SMILES string of the molecule is C[C@@H](C(=O)O)N(C(=O)C[C@@H](c1nccn1C)C(F)(F)F)C1CC1. The van der Waals surface area contributed by atoms with Gasteiger partial charge < -0.3 is 14.6 Å². The number of aromatic nitrogens is 2. The Morgan fingerprint density at radius 2 is 2.09 bits per heavy atom. The van der Waals surface area contributed by atoms with Gasteiger partial charge in [-0.25, -0.2) is 9.78 Å². The molecule has 23 heavy (non-hydrogen) atoms. The molecule has 128 valence electrons. The molecule has 2 atom stereocenters. The van der Waals surface area contributed by atoms with Gasteiger partial charge in [0.25, 0.3) is 0 Å². The Bertz CT molecular complexity index is 596. The minimum atomic E-state index is -4.64. The third-order valence-corrected chi connectivity index (χ3v) is 3.95. The largest absolute Gasteiger partial charge is 0.480 e. The molecule has 1 N–H and O–H groups in total. The van der Waals surface area contributed by atoms with E-state index in [0.29, 0.717) is 12.8 Å². The molecule has 1 aliphatic rings. The number of hydrogen-bond donors (Lipinski definition) is 1. The van der Waals surface area contributed by atoms with Crippen molar-refractivity contribution in [1.29, 1.82) is 0 Å². The molecule has 1 saturated carbocycles. The van der Waals surface area contributed by atoms with Crippen LogP contribution in [0.3, 0.4) is 0 Å². The number of aliphatic carboxylic acids is 1. The molecule has 1 heterocycles. The molecular formula is C14H18F3N3O3. The number of imidazole rings is 1. The highest BCUT2D eigenvalue weighted by molar-refractivity contribution is 5.84. The van der Waals surface area contributed by atoms with Crippen molar-refractivity contribution in [3.63, 3.8) is 0 Å². The van der Waals surface area contributed by atoms with E-state index in [1.807, 2.05) is 0 Å². The highest BCUT2D eigenvalue weighted by Crippen LogP contribution is 2.38. The summed E-state index contributed by atoms with van der Waals surface area (Å²) >= 11 is 0. The third kappa shape index (κ3) is 3.83. The number of aryl methyl sites for hydroxylation is 1. The predicted molar refractivity (Wildman–Crippen MR) is 73.6 cm³/mol. The van der Waals surface area contributed by atoms with E-state index in [0.717, 1.165) is 4.90 Å². The van der Waals surface area contributed by atoms with Crippen LogP contribution in [0.25, 0.3) is 0 Å². The molecule has 1 aromatic rings. The molecule has 6 nitrogen and oxygen atoms in total. The van der Waals surface area contributed by atoms with Crippen LogP contribution in [0.4, 0.5) is 13.2 Å². The van der Waals surface area contributed by atoms with Crippen molar-refractivity contribution in [2.24, 2.45) is 7.05 Å². The summed E-state index contributed by atoms with van der Waals surface area (Å²) in [4.78, 5) is 28.2. The van der Waals surface area contributed by atoms with Crippen LogP contribution in [0.15, 0.2) is 12.4 Å². The van der Waals surface area contributed by atoms with E-state index in [-0.39, 0.29) is 11.9 Å². The van der Waals surface area contributed by atoms with Crippen LogP contribution in [0.2, 0.25) is 0 Å². The molecule has 2 rings (SSSR count). The van der Waals surface area contributed by atoms with Gasteiger partial charge in [-0.3, -0.25) is 4.79 Å². The average molecular weight is 333 g/mol. The van der Waals surface area contributed by atoms with Crippen molar-refractivity contribution in [3.8, 4) is 0 Å². The summed E-state index contributed by atoms with van der Waals surface area (Å²) in [5.41, 5.74) is 0. The maximum atomic E-state index is 13.3. The zero-order valence-corrected chi connectivity index (χ0v) is 12.7. The Morgan fingerprint density at radius 3 is 2.48 bits per heavy atom. The highest BCUT2D eigenvalue weighted by Gasteiger charge is 2.47. The highest BCUT2D eigenvalue weighted by atomic mass is 19.4. The number of carboxylic acids is 1. The molecule has 1 aliphatic carbocycles. The lowest BCUT2D eigenvalue weighted by molar-refractivity contribution is -0.165. The Labute approximate surface area is 130 Å². The molecule has 0 radical (unpaired) electrons. The van der Waals surface area contributed by atoms with E-state index in [4.69, 9.17) is 5.11 Å². The van der Waals surface area contributed by atoms with Crippen LogP contribution in [0.1, 0.15) is 37.9 Å². The predicted octanol–water partition coefficient (Wildman–Crippen LogP) is 1.92. The smallest absolute Gasteiger partial charge is 0.399 e. The van der Waals surface area contributed by atoms with E-state index in [2.05, 4.69) is 4.98 Å². The van der Waals surface area contributed by atoms with Crippen LogP contribution in [-0.4, -0.2) is 49.7 Å². The van der Waals surface area contributed by atoms with Crippen LogP contribution in [0.5, 0.6) is 0 Å². The number of carbonyl (C=O) groups is 2. The molecule has 0 bridgehead atoms. The first-order valence-corrected chi connectivity index (χ1v) is 7.20. The van der Waals surface area contributed by atoms with Crippen molar-refractivity contribution in [1.82, 2.24) is 14.5 Å². The molecule has 1 aromatic heterocycles. The van der Waals surface area contributed by atoms with Gasteiger partial charge in [0.1, 0.15) is 17.8 Å². The maximum Gasteiger partial charge on any atom is 0.399 e. The van der Waals surface area contributed by atoms with Crippen molar-refractivity contribution in [2.45, 2.75) is 50.4 Å². The van der Waals surface area contributed by atoms with E-state index < -0.39 is 36.4 Å². The van der Waals surface area contributed by atoms with E-state index in [1.165, 1.54) is 30.9 Å². The van der Waals surface area contributed by atoms with Crippen LogP contribution >= 0.6 is 0 Å². The van der Waals surface area contributed by atoms with E-state index >= 15 is 0 Å². The lowest BCUT2D eigenvalue weighted by Gasteiger charge is -2.29. The minimum absolute atomic E-state index is 0.260. The van der Waals surface area contributed by atoms with Crippen molar-refractivity contribution < 1.29 is 27.9 Å². The Balaban J connectivity index is 2.23. The lowest BCUT2D eigenvalue weighted by Crippen LogP contribution is -2.46. The number of halogens is 3. The van der Waals surface area contributed by atoms with Crippen LogP contribution in [0, 0.1) is 0 Å². The average Bonchev–Trinajstić information content (AvgIpc) is 3.17. The number of carbonyl (C=O) groups excluding carboxylic acids is 1. The topological polar surface area (TPSA) is 75.4 Å². The van der Waals surface area contributed by atoms with Gasteiger partial charge in [0.05, 0.1) is 0 Å². The van der Waals surface area contributed by atoms with Crippen LogP contribution in [-0.2, 0) is 16.6 Å². The van der Waals surface area contributed by atoms with Crippen molar-refractivity contribution >= 4 is 11.9 Å². The molecule has 0 unspecified atom stereocenters. The number of nitrogens with zero attached hydrogens (tertiary/aromatic N) is 3. The summed E-state index contributed by atoms with van der Waals surface area (Å²) in [6.07, 6.45) is -1.65. The standard InChI is InChI=1S/C14H18F3N3O3/c1-8(13(22)23)20(9-3-4-9)11(21)7-10(14(15,16)17)12-18-5-6-19(12)2/h5-6,8-10H,3-4,7H2,1-2H3,(H,22,23)/t8-,10-/m0/s1. The van der Waals surface area contributed by atoms with Gasteiger partial charge >= 0.3 is 12.1 Å². The van der Waals surface area contributed by atoms with E-state index in [9.17, 15) is 22.8 Å². The zero-order chi connectivity index (χ0) is 17.4. The fourth-order valence-corrected chi connectivity index (χ4v) is 2.55. The second-order valence-corrected chi connectivity index (χ2v) is 5.74. The summed E-state index contributed by atoms with van der Waals surface area (Å²) in [5.74, 6) is -4.36. The molecular weight excluding hydrogens is 315 g/mol. The number of hydrogen-bond acceptors (Lipinski definition) is 3. The molecule has 1 amide bonds. The Hall–Kier alpha value is -2.06. The maximum absolute atomic E-state index is 13.3. The first kappa shape index (κ1) is 17.3. The van der Waals surface area contributed by atoms with Gasteiger partial charge in [-0.05, 0) is 19.8 Å². The van der Waals surface area contributed by atoms with Gasteiger partial charge in [-0.15, -0.1) is 0 Å². The molecule has 0 spiro atoms. The van der Waals surface area contributed by atoms with Crippen molar-refractivity contribution in [2.75, 3.05) is 0 Å². The van der Waals surface area contributed by atoms with Crippen molar-refractivity contribution in [3.05, 3.63) is 18.2 Å². The minimum Gasteiger partial charge on any atom is -0.480 e. The second kappa shape index (κ2) is 6.21. The van der Waals surface area contributed by atoms with E-state index in [1.54, 1.807) is 0 Å². The van der Waals surface area contributed by atoms with Gasteiger partial charge in [0.15, 0.2) is 0 Å². The third-order valence-electron chi connectivity index (χ3n) is 3.95. The fourth-order valence-electron chi connectivity index (χ4n) is 2.55. The molecule has 0 aliphatic heterocycles. The summed E-state index contributed by atoms with van der Waals surface area (Å²) < 4.78 is 41.2. The van der Waals surface area contributed by atoms with Gasteiger partial charge in [-0.1, -0.05) is 0 Å². The first-order chi connectivity index (χ1) is 10.6. The zero-order valence-electron chi connectivity index (χ0n) is 12.7. The first-order valence-electron chi connectivity index (χ1n) is 7.20. The van der Waals surface area contributed by atoms with Gasteiger partial charge in [0.2, 0.25) is 5.91 Å². The fraction of sp³-hybridized carbons (Fsp3) is 0.643. The summed E-state index contributed by atoms with van der Waals surface area (Å²) in [7, 11) is 1.42. The van der Waals surface area contributed by atoms with Gasteiger partial charge in [-0.2, -0.15) is 13.2 Å². The lowest BCUT2D eigenvalue weighted by atomic mass is 10.0. The quantitative estimate of drug-likeness (QED) is 0.863. The monoisotopic (exact) mass is 333 g/mol. The normalized spacial score (nSPS) is 17.6. The molecule has 0 saturated heterocycles. The van der Waals surface area contributed by atoms with Gasteiger partial charge in [0, 0.05) is 31.9 Å².